The molecule has 0 aliphatic carbocycles. The van der Waals surface area contributed by atoms with Crippen LogP contribution in [0.3, 0.4) is 0 Å². The van der Waals surface area contributed by atoms with Crippen LogP contribution in [0.2, 0.25) is 0 Å². The predicted octanol–water partition coefficient (Wildman–Crippen LogP) is 2.76. The zero-order valence-corrected chi connectivity index (χ0v) is 17.4. The number of nitrogens with zero attached hydrogens (tertiary/aromatic N) is 2. The fraction of sp³-hybridized carbons (Fsp3) is 0.650. The number of esters is 1. The molecule has 0 aromatic carbocycles. The van der Waals surface area contributed by atoms with Crippen molar-refractivity contribution in [3.05, 3.63) is 22.5 Å². The van der Waals surface area contributed by atoms with E-state index in [1.807, 2.05) is 20.8 Å². The van der Waals surface area contributed by atoms with Crippen molar-refractivity contribution in [3.8, 4) is 0 Å². The molecule has 1 aromatic heterocycles. The topological polar surface area (TPSA) is 77.8 Å². The van der Waals surface area contributed by atoms with Crippen molar-refractivity contribution in [2.24, 2.45) is 0 Å². The molecule has 0 saturated heterocycles. The van der Waals surface area contributed by atoms with Crippen LogP contribution in [0.4, 0.5) is 0 Å². The summed E-state index contributed by atoms with van der Waals surface area (Å²) in [4.78, 5) is 39.0. The van der Waals surface area contributed by atoms with E-state index in [-0.39, 0.29) is 18.2 Å². The largest absolute Gasteiger partial charge is 0.464 e. The number of ketones is 1. The summed E-state index contributed by atoms with van der Waals surface area (Å²) < 4.78 is 12.0. The standard InChI is InChI=1S/C20H32N2O5/c1-7-17(24)21(11-10-12-27-9-3)13-16(23)18-14(4)19(20(25)26-6)22(8-2)15(18)5/h7-13H2,1-6H3. The van der Waals surface area contributed by atoms with Gasteiger partial charge >= 0.3 is 5.97 Å². The van der Waals surface area contributed by atoms with Gasteiger partial charge in [-0.3, -0.25) is 9.59 Å². The molecule has 1 amide bonds. The lowest BCUT2D eigenvalue weighted by Gasteiger charge is -2.21. The van der Waals surface area contributed by atoms with Crippen LogP contribution < -0.4 is 0 Å². The molecule has 0 radical (unpaired) electrons. The first kappa shape index (κ1) is 22.9. The van der Waals surface area contributed by atoms with Gasteiger partial charge in [-0.25, -0.2) is 4.79 Å². The summed E-state index contributed by atoms with van der Waals surface area (Å²) in [7, 11) is 1.33. The van der Waals surface area contributed by atoms with Gasteiger partial charge in [-0.15, -0.1) is 0 Å². The van der Waals surface area contributed by atoms with Crippen molar-refractivity contribution in [1.29, 1.82) is 0 Å². The molecule has 7 nitrogen and oxygen atoms in total. The zero-order valence-electron chi connectivity index (χ0n) is 17.4. The molecule has 1 rings (SSSR count). The van der Waals surface area contributed by atoms with Gasteiger partial charge in [-0.05, 0) is 39.7 Å². The number of aromatic nitrogens is 1. The molecule has 0 spiro atoms. The van der Waals surface area contributed by atoms with E-state index >= 15 is 0 Å². The van der Waals surface area contributed by atoms with Gasteiger partial charge in [0.25, 0.3) is 0 Å². The molecule has 0 fully saturated rings. The van der Waals surface area contributed by atoms with Crippen molar-refractivity contribution in [2.45, 2.75) is 54.0 Å². The van der Waals surface area contributed by atoms with Crippen LogP contribution in [0.25, 0.3) is 0 Å². The second-order valence-corrected chi connectivity index (χ2v) is 6.31. The number of methoxy groups -OCH3 is 1. The minimum absolute atomic E-state index is 0.00514. The van der Waals surface area contributed by atoms with E-state index in [2.05, 4.69) is 0 Å². The lowest BCUT2D eigenvalue weighted by molar-refractivity contribution is -0.130. The van der Waals surface area contributed by atoms with Crippen LogP contribution >= 0.6 is 0 Å². The first-order valence-corrected chi connectivity index (χ1v) is 9.50. The molecule has 27 heavy (non-hydrogen) atoms. The van der Waals surface area contributed by atoms with Crippen molar-refractivity contribution in [2.75, 3.05) is 33.4 Å². The summed E-state index contributed by atoms with van der Waals surface area (Å²) in [6.07, 6.45) is 1.01. The molecule has 0 atom stereocenters. The van der Waals surface area contributed by atoms with Crippen LogP contribution in [-0.2, 0) is 20.8 Å². The Bertz CT molecular complexity index is 678. The minimum atomic E-state index is -0.463. The lowest BCUT2D eigenvalue weighted by atomic mass is 10.0. The second-order valence-electron chi connectivity index (χ2n) is 6.31. The Morgan fingerprint density at radius 3 is 2.30 bits per heavy atom. The molecule has 1 aromatic rings. The molecule has 0 unspecified atom stereocenters. The van der Waals surface area contributed by atoms with Crippen molar-refractivity contribution < 1.29 is 23.9 Å². The molecule has 1 heterocycles. The minimum Gasteiger partial charge on any atom is -0.464 e. The lowest BCUT2D eigenvalue weighted by Crippen LogP contribution is -2.36. The normalized spacial score (nSPS) is 10.7. The maximum atomic E-state index is 13.0. The molecule has 0 aliphatic rings. The van der Waals surface area contributed by atoms with E-state index in [0.717, 1.165) is 5.69 Å². The number of carbonyl (C=O) groups excluding carboxylic acids is 3. The Hall–Kier alpha value is -2.15. The fourth-order valence-corrected chi connectivity index (χ4v) is 3.33. The number of hydrogen-bond acceptors (Lipinski definition) is 5. The first-order chi connectivity index (χ1) is 12.8. The number of carbonyl (C=O) groups is 3. The zero-order chi connectivity index (χ0) is 20.6. The molecular formula is C20H32N2O5. The highest BCUT2D eigenvalue weighted by molar-refractivity contribution is 6.04. The Morgan fingerprint density at radius 2 is 1.78 bits per heavy atom. The number of amides is 1. The molecule has 152 valence electrons. The van der Waals surface area contributed by atoms with Gasteiger partial charge in [0.15, 0.2) is 5.78 Å². The molecule has 0 saturated carbocycles. The highest BCUT2D eigenvalue weighted by Gasteiger charge is 2.27. The molecule has 0 aliphatic heterocycles. The van der Waals surface area contributed by atoms with E-state index in [0.29, 0.717) is 56.0 Å². The van der Waals surface area contributed by atoms with Gasteiger partial charge in [-0.1, -0.05) is 6.92 Å². The summed E-state index contributed by atoms with van der Waals surface area (Å²) in [6, 6.07) is 0. The smallest absolute Gasteiger partial charge is 0.354 e. The Kier molecular flexibility index (Phi) is 9.21. The van der Waals surface area contributed by atoms with Gasteiger partial charge in [0.1, 0.15) is 5.69 Å². The Balaban J connectivity index is 3.10. The average molecular weight is 380 g/mol. The summed E-state index contributed by atoms with van der Waals surface area (Å²) in [5.41, 5.74) is 2.21. The number of ether oxygens (including phenoxy) is 2. The van der Waals surface area contributed by atoms with Crippen molar-refractivity contribution in [1.82, 2.24) is 9.47 Å². The highest BCUT2D eigenvalue weighted by Crippen LogP contribution is 2.24. The Labute approximate surface area is 161 Å². The van der Waals surface area contributed by atoms with Crippen molar-refractivity contribution >= 4 is 17.7 Å². The van der Waals surface area contributed by atoms with E-state index in [9.17, 15) is 14.4 Å². The van der Waals surface area contributed by atoms with E-state index in [1.165, 1.54) is 7.11 Å². The van der Waals surface area contributed by atoms with Gasteiger partial charge < -0.3 is 18.9 Å². The quantitative estimate of drug-likeness (QED) is 0.335. The summed E-state index contributed by atoms with van der Waals surface area (Å²) in [6.45, 7) is 11.4. The summed E-state index contributed by atoms with van der Waals surface area (Å²) in [5.74, 6) is -0.700. The van der Waals surface area contributed by atoms with E-state index < -0.39 is 5.97 Å². The monoisotopic (exact) mass is 380 g/mol. The van der Waals surface area contributed by atoms with Crippen LogP contribution in [0, 0.1) is 13.8 Å². The third kappa shape index (κ3) is 5.42. The molecular weight excluding hydrogens is 348 g/mol. The molecule has 7 heteroatoms. The second kappa shape index (κ2) is 10.9. The third-order valence-corrected chi connectivity index (χ3v) is 4.65. The molecule has 0 N–H and O–H groups in total. The maximum Gasteiger partial charge on any atom is 0.354 e. The van der Waals surface area contributed by atoms with E-state index in [1.54, 1.807) is 23.3 Å². The predicted molar refractivity (Wildman–Crippen MR) is 103 cm³/mol. The van der Waals surface area contributed by atoms with Crippen molar-refractivity contribution in [3.63, 3.8) is 0 Å². The average Bonchev–Trinajstić information content (AvgIpc) is 2.92. The summed E-state index contributed by atoms with van der Waals surface area (Å²) >= 11 is 0. The SMILES string of the molecule is CCOCCCN(CC(=O)c1c(C)c(C(=O)OC)n(CC)c1C)C(=O)CC. The third-order valence-electron chi connectivity index (χ3n) is 4.65. The summed E-state index contributed by atoms with van der Waals surface area (Å²) in [5, 5.41) is 0. The van der Waals surface area contributed by atoms with Gasteiger partial charge in [0, 0.05) is 44.0 Å². The van der Waals surface area contributed by atoms with Gasteiger partial charge in [0.05, 0.1) is 13.7 Å². The van der Waals surface area contributed by atoms with Crippen LogP contribution in [0.5, 0.6) is 0 Å². The first-order valence-electron chi connectivity index (χ1n) is 9.50. The fourth-order valence-electron chi connectivity index (χ4n) is 3.33. The van der Waals surface area contributed by atoms with Crippen LogP contribution in [0.15, 0.2) is 0 Å². The number of hydrogen-bond donors (Lipinski definition) is 0. The van der Waals surface area contributed by atoms with Gasteiger partial charge in [0.2, 0.25) is 5.91 Å². The molecule has 0 bridgehead atoms. The van der Waals surface area contributed by atoms with Gasteiger partial charge in [-0.2, -0.15) is 0 Å². The maximum absolute atomic E-state index is 13.0. The van der Waals surface area contributed by atoms with E-state index in [4.69, 9.17) is 9.47 Å². The van der Waals surface area contributed by atoms with Crippen LogP contribution in [-0.4, -0.2) is 60.5 Å². The number of rotatable bonds is 11. The van der Waals surface area contributed by atoms with Crippen LogP contribution in [0.1, 0.15) is 65.7 Å². The Morgan fingerprint density at radius 1 is 1.11 bits per heavy atom. The highest BCUT2D eigenvalue weighted by atomic mass is 16.5. The number of Topliss-reactive ketones (excluding diaryl/α,β-unsaturated/α-hetero) is 1.